The third-order valence-corrected chi connectivity index (χ3v) is 4.47. The zero-order valence-corrected chi connectivity index (χ0v) is 15.5. The van der Waals surface area contributed by atoms with Crippen LogP contribution in [-0.2, 0) is 9.59 Å². The zero-order chi connectivity index (χ0) is 19.8. The molecule has 3 rings (SSSR count). The molecule has 6 heteroatoms. The Morgan fingerprint density at radius 3 is 2.64 bits per heavy atom. The van der Waals surface area contributed by atoms with Crippen molar-refractivity contribution >= 4 is 23.8 Å². The number of carbonyl (C=O) groups is 2. The van der Waals surface area contributed by atoms with Gasteiger partial charge in [-0.05, 0) is 28.8 Å². The van der Waals surface area contributed by atoms with Crippen LogP contribution in [0.5, 0.6) is 0 Å². The van der Waals surface area contributed by atoms with Gasteiger partial charge in [0.1, 0.15) is 5.82 Å². The van der Waals surface area contributed by atoms with Gasteiger partial charge in [0.05, 0.1) is 12.8 Å². The first kappa shape index (κ1) is 19.4. The molecule has 1 atom stereocenters. The lowest BCUT2D eigenvalue weighted by atomic mass is 9.91. The van der Waals surface area contributed by atoms with Crippen molar-refractivity contribution in [2.24, 2.45) is 0 Å². The van der Waals surface area contributed by atoms with E-state index in [1.165, 1.54) is 0 Å². The number of aromatic nitrogens is 1. The number of fused-ring (bicyclic) bond motifs is 1. The lowest BCUT2D eigenvalue weighted by Gasteiger charge is -2.13. The summed E-state index contributed by atoms with van der Waals surface area (Å²) in [6.45, 7) is 1.05. The second-order valence-electron chi connectivity index (χ2n) is 6.58. The molecule has 0 bridgehead atoms. The van der Waals surface area contributed by atoms with E-state index in [0.29, 0.717) is 13.1 Å². The van der Waals surface area contributed by atoms with Gasteiger partial charge in [-0.15, -0.1) is 0 Å². The van der Waals surface area contributed by atoms with Gasteiger partial charge in [0, 0.05) is 25.2 Å². The number of hydrogen-bond donors (Lipinski definition) is 3. The summed E-state index contributed by atoms with van der Waals surface area (Å²) >= 11 is 0. The fourth-order valence-electron chi connectivity index (χ4n) is 3.18. The van der Waals surface area contributed by atoms with Crippen LogP contribution in [0, 0.1) is 0 Å². The first-order chi connectivity index (χ1) is 13.6. The quantitative estimate of drug-likeness (QED) is 0.615. The fourth-order valence-corrected chi connectivity index (χ4v) is 3.18. The standard InChI is InChI=1S/C22H23N3O3/c26-21(25-12-11-24-20-7-3-4-10-23-20)14-16-8-9-17-5-1-2-6-19(17)18(13-16)15-22(27)28/h1-10,13,18H,11-12,14-15H2,(H,23,24)(H,25,26)(H,27,28). The summed E-state index contributed by atoms with van der Waals surface area (Å²) in [4.78, 5) is 27.7. The number of amides is 1. The Hall–Kier alpha value is -3.41. The monoisotopic (exact) mass is 377 g/mol. The van der Waals surface area contributed by atoms with Crippen molar-refractivity contribution in [3.8, 4) is 0 Å². The Balaban J connectivity index is 1.57. The van der Waals surface area contributed by atoms with Gasteiger partial charge in [0.15, 0.2) is 0 Å². The van der Waals surface area contributed by atoms with E-state index in [0.717, 1.165) is 22.5 Å². The van der Waals surface area contributed by atoms with Crippen LogP contribution in [-0.4, -0.2) is 35.1 Å². The third kappa shape index (κ3) is 5.54. The van der Waals surface area contributed by atoms with E-state index in [1.807, 2.05) is 60.7 Å². The maximum Gasteiger partial charge on any atom is 0.304 e. The highest BCUT2D eigenvalue weighted by Crippen LogP contribution is 2.31. The number of allylic oxidation sites excluding steroid dienone is 2. The Labute approximate surface area is 164 Å². The van der Waals surface area contributed by atoms with Gasteiger partial charge in [-0.2, -0.15) is 0 Å². The molecule has 1 amide bonds. The fraction of sp³-hybridized carbons (Fsp3) is 0.227. The number of nitrogens with zero attached hydrogens (tertiary/aromatic N) is 1. The number of hydrogen-bond acceptors (Lipinski definition) is 4. The molecule has 1 unspecified atom stereocenters. The number of carboxylic acids is 1. The predicted molar refractivity (Wildman–Crippen MR) is 109 cm³/mol. The molecule has 0 spiro atoms. The molecule has 1 aliphatic rings. The summed E-state index contributed by atoms with van der Waals surface area (Å²) in [5, 5.41) is 15.3. The van der Waals surface area contributed by atoms with Crippen molar-refractivity contribution in [1.82, 2.24) is 10.3 Å². The van der Waals surface area contributed by atoms with E-state index < -0.39 is 5.97 Å². The molecule has 1 aromatic carbocycles. The van der Waals surface area contributed by atoms with Crippen LogP contribution in [0.4, 0.5) is 5.82 Å². The summed E-state index contributed by atoms with van der Waals surface area (Å²) in [7, 11) is 0. The summed E-state index contributed by atoms with van der Waals surface area (Å²) in [6.07, 6.45) is 7.65. The molecule has 0 saturated carbocycles. The lowest BCUT2D eigenvalue weighted by Crippen LogP contribution is -2.28. The van der Waals surface area contributed by atoms with Crippen LogP contribution in [0.1, 0.15) is 29.9 Å². The van der Waals surface area contributed by atoms with Crippen LogP contribution in [0.15, 0.2) is 66.4 Å². The van der Waals surface area contributed by atoms with E-state index in [1.54, 1.807) is 6.20 Å². The third-order valence-electron chi connectivity index (χ3n) is 4.47. The maximum absolute atomic E-state index is 12.3. The molecule has 28 heavy (non-hydrogen) atoms. The number of pyridine rings is 1. The summed E-state index contributed by atoms with van der Waals surface area (Å²) in [6, 6.07) is 13.3. The van der Waals surface area contributed by atoms with E-state index in [-0.39, 0.29) is 24.7 Å². The van der Waals surface area contributed by atoms with Gasteiger partial charge in [0.25, 0.3) is 0 Å². The highest BCUT2D eigenvalue weighted by atomic mass is 16.4. The summed E-state index contributed by atoms with van der Waals surface area (Å²) < 4.78 is 0. The average Bonchev–Trinajstić information content (AvgIpc) is 2.85. The van der Waals surface area contributed by atoms with Crippen molar-refractivity contribution in [3.63, 3.8) is 0 Å². The first-order valence-corrected chi connectivity index (χ1v) is 9.23. The molecule has 1 aliphatic carbocycles. The van der Waals surface area contributed by atoms with Crippen LogP contribution in [0.3, 0.4) is 0 Å². The molecule has 3 N–H and O–H groups in total. The molecule has 6 nitrogen and oxygen atoms in total. The smallest absolute Gasteiger partial charge is 0.304 e. The molecule has 1 heterocycles. The van der Waals surface area contributed by atoms with Gasteiger partial charge in [-0.3, -0.25) is 9.59 Å². The molecular formula is C22H23N3O3. The van der Waals surface area contributed by atoms with Crippen LogP contribution in [0.2, 0.25) is 0 Å². The normalized spacial score (nSPS) is 15.1. The largest absolute Gasteiger partial charge is 0.481 e. The van der Waals surface area contributed by atoms with E-state index >= 15 is 0 Å². The molecule has 0 radical (unpaired) electrons. The number of carbonyl (C=O) groups excluding carboxylic acids is 1. The topological polar surface area (TPSA) is 91.3 Å². The second-order valence-corrected chi connectivity index (χ2v) is 6.58. The van der Waals surface area contributed by atoms with Crippen molar-refractivity contribution < 1.29 is 14.7 Å². The molecular weight excluding hydrogens is 354 g/mol. The minimum absolute atomic E-state index is 0.00217. The van der Waals surface area contributed by atoms with E-state index in [2.05, 4.69) is 15.6 Å². The molecule has 0 aliphatic heterocycles. The van der Waals surface area contributed by atoms with Gasteiger partial charge >= 0.3 is 5.97 Å². The highest BCUT2D eigenvalue weighted by Gasteiger charge is 2.19. The number of benzene rings is 1. The zero-order valence-electron chi connectivity index (χ0n) is 15.5. The molecule has 144 valence electrons. The Kier molecular flexibility index (Phi) is 6.57. The minimum Gasteiger partial charge on any atom is -0.481 e. The summed E-state index contributed by atoms with van der Waals surface area (Å²) in [5.74, 6) is -0.446. The summed E-state index contributed by atoms with van der Waals surface area (Å²) in [5.41, 5.74) is 2.77. The Morgan fingerprint density at radius 2 is 1.86 bits per heavy atom. The highest BCUT2D eigenvalue weighted by molar-refractivity contribution is 5.80. The number of nitrogens with one attached hydrogen (secondary N) is 2. The van der Waals surface area contributed by atoms with Crippen molar-refractivity contribution in [2.45, 2.75) is 18.8 Å². The average molecular weight is 377 g/mol. The molecule has 2 aromatic rings. The Morgan fingerprint density at radius 1 is 1.04 bits per heavy atom. The Bertz CT molecular complexity index is 891. The number of anilines is 1. The van der Waals surface area contributed by atoms with Gasteiger partial charge in [-0.1, -0.05) is 48.6 Å². The maximum atomic E-state index is 12.3. The number of aliphatic carboxylic acids is 1. The van der Waals surface area contributed by atoms with Gasteiger partial charge in [-0.25, -0.2) is 4.98 Å². The predicted octanol–water partition coefficient (Wildman–Crippen LogP) is 3.21. The van der Waals surface area contributed by atoms with Crippen molar-refractivity contribution in [1.29, 1.82) is 0 Å². The van der Waals surface area contributed by atoms with Crippen molar-refractivity contribution in [2.75, 3.05) is 18.4 Å². The van der Waals surface area contributed by atoms with Crippen LogP contribution < -0.4 is 10.6 Å². The van der Waals surface area contributed by atoms with Crippen LogP contribution in [0.25, 0.3) is 6.08 Å². The van der Waals surface area contributed by atoms with E-state index in [9.17, 15) is 14.7 Å². The second kappa shape index (κ2) is 9.50. The molecule has 0 fully saturated rings. The molecule has 1 aromatic heterocycles. The van der Waals surface area contributed by atoms with E-state index in [4.69, 9.17) is 0 Å². The number of rotatable bonds is 8. The van der Waals surface area contributed by atoms with Gasteiger partial charge < -0.3 is 15.7 Å². The SMILES string of the molecule is O=C(O)CC1C=C(CC(=O)NCCNc2ccccn2)C=Cc2ccccc21. The molecule has 0 saturated heterocycles. The lowest BCUT2D eigenvalue weighted by molar-refractivity contribution is -0.137. The first-order valence-electron chi connectivity index (χ1n) is 9.23. The van der Waals surface area contributed by atoms with Crippen molar-refractivity contribution in [3.05, 3.63) is 77.5 Å². The minimum atomic E-state index is -0.859. The number of carboxylic acid groups (broad SMARTS) is 1. The van der Waals surface area contributed by atoms with Crippen LogP contribution >= 0.6 is 0 Å². The van der Waals surface area contributed by atoms with Gasteiger partial charge in [0.2, 0.25) is 5.91 Å².